The fourth-order valence-electron chi connectivity index (χ4n) is 4.24. The second-order valence-corrected chi connectivity index (χ2v) is 7.89. The first-order valence-electron chi connectivity index (χ1n) is 9.87. The van der Waals surface area contributed by atoms with Crippen LogP contribution in [-0.2, 0) is 9.59 Å². The van der Waals surface area contributed by atoms with E-state index in [1.807, 2.05) is 61.7 Å². The average molecular weight is 406 g/mol. The van der Waals surface area contributed by atoms with Gasteiger partial charge in [0.15, 0.2) is 24.3 Å². The van der Waals surface area contributed by atoms with Gasteiger partial charge in [0, 0.05) is 17.8 Å². The summed E-state index contributed by atoms with van der Waals surface area (Å²) in [5, 5.41) is 4.44. The lowest BCUT2D eigenvalue weighted by Crippen LogP contribution is -2.78. The van der Waals surface area contributed by atoms with Crippen LogP contribution in [-0.4, -0.2) is 53.7 Å². The quantitative estimate of drug-likeness (QED) is 0.264. The van der Waals surface area contributed by atoms with E-state index in [0.29, 0.717) is 29.2 Å². The van der Waals surface area contributed by atoms with Crippen molar-refractivity contribution in [3.05, 3.63) is 60.4 Å². The van der Waals surface area contributed by atoms with Crippen LogP contribution in [0, 0.1) is 0 Å². The predicted octanol–water partition coefficient (Wildman–Crippen LogP) is 1.43. The Bertz CT molecular complexity index is 1080. The number of pyridine rings is 1. The molecule has 30 heavy (non-hydrogen) atoms. The van der Waals surface area contributed by atoms with E-state index in [1.54, 1.807) is 23.6 Å². The summed E-state index contributed by atoms with van der Waals surface area (Å²) in [4.78, 5) is 29.2. The molecular weight excluding hydrogens is 380 g/mol. The van der Waals surface area contributed by atoms with Crippen molar-refractivity contribution in [2.45, 2.75) is 19.5 Å². The maximum absolute atomic E-state index is 13.7. The van der Waals surface area contributed by atoms with E-state index >= 15 is 0 Å². The van der Waals surface area contributed by atoms with Gasteiger partial charge in [0.1, 0.15) is 6.54 Å². The fraction of sp³-hybridized carbons (Fsp3) is 0.273. The number of nitrogens with one attached hydrogen (secondary N) is 1. The first-order chi connectivity index (χ1) is 14.4. The van der Waals surface area contributed by atoms with Gasteiger partial charge in [-0.15, -0.1) is 0 Å². The van der Waals surface area contributed by atoms with Crippen molar-refractivity contribution in [2.75, 3.05) is 31.8 Å². The van der Waals surface area contributed by atoms with E-state index in [-0.39, 0.29) is 28.2 Å². The number of nitrogens with zero attached hydrogens (tertiary/aromatic N) is 4. The van der Waals surface area contributed by atoms with Gasteiger partial charge < -0.3 is 5.73 Å². The van der Waals surface area contributed by atoms with Crippen LogP contribution in [0.25, 0.3) is 5.70 Å². The van der Waals surface area contributed by atoms with Crippen molar-refractivity contribution in [3.63, 3.8) is 0 Å². The van der Waals surface area contributed by atoms with Gasteiger partial charge in [-0.05, 0) is 39.2 Å². The molecule has 2 unspecified atom stereocenters. The van der Waals surface area contributed by atoms with Crippen LogP contribution in [0.3, 0.4) is 0 Å². The Morgan fingerprint density at radius 3 is 2.47 bits per heavy atom. The number of hydrogen-bond acceptors (Lipinski definition) is 6. The zero-order valence-electron chi connectivity index (χ0n) is 17.4. The maximum atomic E-state index is 13.7. The lowest BCUT2D eigenvalue weighted by molar-refractivity contribution is -0.861. The van der Waals surface area contributed by atoms with Gasteiger partial charge in [0.2, 0.25) is 0 Å². The highest BCUT2D eigenvalue weighted by Crippen LogP contribution is 2.38. The van der Waals surface area contributed by atoms with Crippen LogP contribution < -0.4 is 15.7 Å². The van der Waals surface area contributed by atoms with Crippen LogP contribution in [0.15, 0.2) is 65.5 Å². The Morgan fingerprint density at radius 1 is 1.13 bits per heavy atom. The summed E-state index contributed by atoms with van der Waals surface area (Å²) in [5.74, 6) is -0.472. The number of rotatable bonds is 4. The summed E-state index contributed by atoms with van der Waals surface area (Å²) in [7, 11) is 3.79. The van der Waals surface area contributed by atoms with Crippen LogP contribution in [0.5, 0.6) is 0 Å². The number of benzene rings is 1. The predicted molar refractivity (Wildman–Crippen MR) is 115 cm³/mol. The topological polar surface area (TPSA) is 91.7 Å². The van der Waals surface area contributed by atoms with Crippen LogP contribution in [0.2, 0.25) is 0 Å². The minimum atomic E-state index is -0.279. The van der Waals surface area contributed by atoms with Crippen LogP contribution in [0.4, 0.5) is 11.4 Å². The van der Waals surface area contributed by atoms with Gasteiger partial charge in [-0.1, -0.05) is 12.1 Å². The summed E-state index contributed by atoms with van der Waals surface area (Å²) in [6.45, 7) is 2.23. The zero-order chi connectivity index (χ0) is 21.5. The number of imide groups is 1. The fourth-order valence-corrected chi connectivity index (χ4v) is 4.24. The molecule has 3 heterocycles. The Morgan fingerprint density at radius 2 is 1.87 bits per heavy atom. The third-order valence-corrected chi connectivity index (χ3v) is 5.84. The molecule has 0 bridgehead atoms. The molecule has 2 amide bonds. The first kappa shape index (κ1) is 19.9. The number of hydrazone groups is 1. The third kappa shape index (κ3) is 3.01. The number of amides is 2. The van der Waals surface area contributed by atoms with E-state index in [9.17, 15) is 9.59 Å². The highest BCUT2D eigenvalue weighted by Gasteiger charge is 2.66. The van der Waals surface area contributed by atoms with E-state index in [4.69, 9.17) is 5.73 Å². The highest BCUT2D eigenvalue weighted by molar-refractivity contribution is 6.49. The molecule has 1 fully saturated rings. The molecule has 1 saturated heterocycles. The number of carbonyl (C=O) groups excluding carboxylic acids is 2. The van der Waals surface area contributed by atoms with Crippen LogP contribution in [0.1, 0.15) is 13.3 Å². The third-order valence-electron chi connectivity index (χ3n) is 5.84. The highest BCUT2D eigenvalue weighted by atomic mass is 16.2. The Balaban J connectivity index is 1.85. The Labute approximate surface area is 175 Å². The number of quaternary nitrogens is 1. The molecule has 0 saturated carbocycles. The molecule has 0 aliphatic carbocycles. The van der Waals surface area contributed by atoms with Crippen molar-refractivity contribution in [1.82, 2.24) is 4.90 Å². The van der Waals surface area contributed by atoms with Gasteiger partial charge in [0.25, 0.3) is 0 Å². The van der Waals surface area contributed by atoms with Crippen molar-refractivity contribution >= 4 is 34.6 Å². The van der Waals surface area contributed by atoms with Gasteiger partial charge in [0.05, 0.1) is 17.7 Å². The first-order valence-corrected chi connectivity index (χ1v) is 9.87. The molecule has 8 nitrogen and oxygen atoms in total. The number of aromatic nitrogens is 1. The molecule has 3 N–H and O–H groups in total. The van der Waals surface area contributed by atoms with Gasteiger partial charge >= 0.3 is 17.5 Å². The summed E-state index contributed by atoms with van der Waals surface area (Å²) >= 11 is 0. The van der Waals surface area contributed by atoms with E-state index < -0.39 is 0 Å². The van der Waals surface area contributed by atoms with Crippen molar-refractivity contribution < 1.29 is 18.6 Å². The molecule has 4 rings (SSSR count). The summed E-state index contributed by atoms with van der Waals surface area (Å²) < 4.78 is 1.50. The van der Waals surface area contributed by atoms with Crippen molar-refractivity contribution in [2.24, 2.45) is 5.10 Å². The largest absolute Gasteiger partial charge is 0.420 e. The lowest BCUT2D eigenvalue weighted by Gasteiger charge is -2.50. The Kier molecular flexibility index (Phi) is 4.97. The number of anilines is 2. The molecule has 2 atom stereocenters. The maximum Gasteiger partial charge on any atom is 0.420 e. The zero-order valence-corrected chi connectivity index (χ0v) is 17.4. The van der Waals surface area contributed by atoms with Gasteiger partial charge in [-0.3, -0.25) is 10.3 Å². The second kappa shape index (κ2) is 7.47. The number of hydrogen-bond donors (Lipinski definition) is 2. The number of carbonyl (C=O) groups is 2. The van der Waals surface area contributed by atoms with Crippen LogP contribution >= 0.6 is 0 Å². The molecule has 2 aromatic rings. The van der Waals surface area contributed by atoms with Gasteiger partial charge in [-0.2, -0.15) is 14.2 Å². The molecule has 154 valence electrons. The van der Waals surface area contributed by atoms with E-state index in [0.717, 1.165) is 6.42 Å². The average Bonchev–Trinajstić information content (AvgIpc) is 2.68. The molecule has 2 aliphatic rings. The lowest BCUT2D eigenvalue weighted by atomic mass is 9.92. The molecule has 0 radical (unpaired) electrons. The number of nitrogen functional groups attached to an aromatic ring is 1. The van der Waals surface area contributed by atoms with Crippen molar-refractivity contribution in [3.8, 4) is 0 Å². The molecule has 2 aliphatic heterocycles. The minimum absolute atomic E-state index is 0.193. The summed E-state index contributed by atoms with van der Waals surface area (Å²) in [6.07, 6.45) is 4.19. The monoisotopic (exact) mass is 406 g/mol. The van der Waals surface area contributed by atoms with Crippen molar-refractivity contribution in [1.29, 1.82) is 0 Å². The molecule has 1 aromatic carbocycles. The minimum Gasteiger partial charge on any atom is -0.399 e. The molecule has 1 spiro atoms. The van der Waals surface area contributed by atoms with E-state index in [1.165, 1.54) is 0 Å². The molecular formula is C22H26N6O2+2. The normalized spacial score (nSPS) is 25.2. The second-order valence-electron chi connectivity index (χ2n) is 7.89. The summed E-state index contributed by atoms with van der Waals surface area (Å²) in [5.41, 5.74) is 11.3. The summed E-state index contributed by atoms with van der Waals surface area (Å²) in [6, 6.07) is 12.7. The smallest absolute Gasteiger partial charge is 0.399 e. The van der Waals surface area contributed by atoms with E-state index in [2.05, 4.69) is 10.5 Å². The molecule has 1 aromatic heterocycles. The van der Waals surface area contributed by atoms with Gasteiger partial charge in [-0.25, -0.2) is 9.59 Å². The number of nitrogens with two attached hydrogens (primary N) is 1. The standard InChI is InChI=1S/C22H25N6O2/c1-15-19(25-24-17-9-7-8-16(23)14-17)21(29)28(13-10-18(28)26(2)3)22(30)20(15)27-11-5-4-6-12-27/h4-9,11-12,14,18H,10,13,23H2,1-3H3/q+1/p+1. The molecule has 8 heteroatoms. The Hall–Kier alpha value is -3.36. The SMILES string of the molecule is CC1=C([n+]2ccccc2)C(=O)[N+]2(CCC2N(C)C)C(=O)/C1=N\Nc1cccc(N)c1.